The number of cyclic esters (lactones) is 1. The van der Waals surface area contributed by atoms with Crippen LogP contribution in [0.2, 0.25) is 0 Å². The summed E-state index contributed by atoms with van der Waals surface area (Å²) in [4.78, 5) is 25.7. The maximum atomic E-state index is 12.5. The number of likely N-dealkylation sites (tertiary alicyclic amines) is 1. The lowest BCUT2D eigenvalue weighted by Crippen LogP contribution is -2.58. The summed E-state index contributed by atoms with van der Waals surface area (Å²) in [7, 11) is 0. The topological polar surface area (TPSA) is 58.6 Å². The van der Waals surface area contributed by atoms with Crippen LogP contribution in [0, 0.1) is 17.3 Å². The molecule has 4 aliphatic rings. The van der Waals surface area contributed by atoms with Crippen LogP contribution in [0.15, 0.2) is 0 Å². The molecule has 5 heteroatoms. The van der Waals surface area contributed by atoms with Crippen LogP contribution in [-0.4, -0.2) is 42.1 Å². The number of hydrogen-bond acceptors (Lipinski definition) is 3. The average molecular weight is 292 g/mol. The molecule has 4 rings (SSSR count). The lowest BCUT2D eigenvalue weighted by Gasteiger charge is -2.45. The molecular weight excluding hydrogens is 268 g/mol. The number of nitrogens with one attached hydrogen (secondary N) is 1. The molecule has 5 nitrogen and oxygen atoms in total. The first kappa shape index (κ1) is 13.4. The Hall–Kier alpha value is -1.26. The summed E-state index contributed by atoms with van der Waals surface area (Å²) < 4.78 is 4.97. The Labute approximate surface area is 125 Å². The molecule has 2 heterocycles. The Morgan fingerprint density at radius 1 is 1.29 bits per heavy atom. The first-order valence-corrected chi connectivity index (χ1v) is 8.24. The number of hydrogen-bond donors (Lipinski definition) is 1. The van der Waals surface area contributed by atoms with Crippen molar-refractivity contribution in [2.75, 3.05) is 19.7 Å². The van der Waals surface area contributed by atoms with E-state index in [4.69, 9.17) is 4.74 Å². The zero-order valence-electron chi connectivity index (χ0n) is 12.7. The van der Waals surface area contributed by atoms with Crippen molar-refractivity contribution < 1.29 is 14.3 Å². The smallest absolute Gasteiger partial charge is 0.407 e. The molecule has 0 radical (unpaired) electrons. The highest BCUT2D eigenvalue weighted by Crippen LogP contribution is 2.54. The van der Waals surface area contributed by atoms with Crippen molar-refractivity contribution in [3.05, 3.63) is 0 Å². The van der Waals surface area contributed by atoms with Gasteiger partial charge in [0.05, 0.1) is 5.54 Å². The van der Waals surface area contributed by atoms with Crippen LogP contribution in [0.1, 0.15) is 45.4 Å². The molecule has 2 aliphatic carbocycles. The molecule has 0 aromatic heterocycles. The number of rotatable bonds is 2. The van der Waals surface area contributed by atoms with Gasteiger partial charge < -0.3 is 15.0 Å². The number of amides is 2. The molecule has 2 aliphatic heterocycles. The molecule has 2 saturated heterocycles. The summed E-state index contributed by atoms with van der Waals surface area (Å²) in [6, 6.07) is 0. The van der Waals surface area contributed by atoms with E-state index in [0.717, 1.165) is 31.8 Å². The van der Waals surface area contributed by atoms with Gasteiger partial charge in [0.25, 0.3) is 0 Å². The Kier molecular flexibility index (Phi) is 2.79. The molecule has 116 valence electrons. The van der Waals surface area contributed by atoms with Crippen molar-refractivity contribution in [2.24, 2.45) is 17.3 Å². The summed E-state index contributed by atoms with van der Waals surface area (Å²) in [5.41, 5.74) is 0.346. The predicted octanol–water partition coefficient (Wildman–Crippen LogP) is 1.91. The largest absolute Gasteiger partial charge is 0.447 e. The van der Waals surface area contributed by atoms with E-state index in [0.29, 0.717) is 17.9 Å². The van der Waals surface area contributed by atoms with Gasteiger partial charge in [-0.05, 0) is 49.9 Å². The number of nitrogens with zero attached hydrogens (tertiary/aromatic N) is 1. The van der Waals surface area contributed by atoms with Crippen LogP contribution in [0.3, 0.4) is 0 Å². The summed E-state index contributed by atoms with van der Waals surface area (Å²) >= 11 is 0. The molecule has 0 aromatic rings. The fraction of sp³-hybridized carbons (Fsp3) is 0.875. The maximum absolute atomic E-state index is 12.5. The highest BCUT2D eigenvalue weighted by atomic mass is 16.6. The minimum atomic E-state index is -0.334. The molecule has 0 unspecified atom stereocenters. The van der Waals surface area contributed by atoms with E-state index in [9.17, 15) is 9.59 Å². The molecule has 1 spiro atoms. The van der Waals surface area contributed by atoms with Crippen molar-refractivity contribution in [3.63, 3.8) is 0 Å². The lowest BCUT2D eigenvalue weighted by atomic mass is 9.68. The van der Waals surface area contributed by atoms with Crippen LogP contribution >= 0.6 is 0 Å². The number of carbonyl (C=O) groups excluding carboxylic acids is 2. The maximum Gasteiger partial charge on any atom is 0.407 e. The molecular formula is C16H24N2O3. The van der Waals surface area contributed by atoms with E-state index >= 15 is 0 Å². The Balaban J connectivity index is 1.28. The Morgan fingerprint density at radius 3 is 2.48 bits per heavy atom. The lowest BCUT2D eigenvalue weighted by molar-refractivity contribution is -0.142. The van der Waals surface area contributed by atoms with Gasteiger partial charge in [0, 0.05) is 19.0 Å². The summed E-state index contributed by atoms with van der Waals surface area (Å²) in [6.45, 7) is 4.67. The number of ether oxygens (including phenoxy) is 1. The second-order valence-electron chi connectivity index (χ2n) is 7.84. The fourth-order valence-electron chi connectivity index (χ4n) is 4.43. The highest BCUT2D eigenvalue weighted by Gasteiger charge is 2.54. The van der Waals surface area contributed by atoms with E-state index in [1.165, 1.54) is 25.7 Å². The highest BCUT2D eigenvalue weighted by molar-refractivity contribution is 5.81. The molecule has 0 bridgehead atoms. The predicted molar refractivity (Wildman–Crippen MR) is 76.6 cm³/mol. The van der Waals surface area contributed by atoms with E-state index in [2.05, 4.69) is 17.1 Å². The van der Waals surface area contributed by atoms with E-state index < -0.39 is 0 Å². The van der Waals surface area contributed by atoms with Crippen LogP contribution in [0.4, 0.5) is 4.79 Å². The third-order valence-electron chi connectivity index (χ3n) is 6.30. The van der Waals surface area contributed by atoms with Gasteiger partial charge in [0.1, 0.15) is 6.61 Å². The first-order valence-electron chi connectivity index (χ1n) is 8.24. The average Bonchev–Trinajstić information content (AvgIpc) is 3.07. The first-order chi connectivity index (χ1) is 10.00. The van der Waals surface area contributed by atoms with Gasteiger partial charge >= 0.3 is 6.09 Å². The zero-order valence-corrected chi connectivity index (χ0v) is 12.7. The van der Waals surface area contributed by atoms with Crippen LogP contribution < -0.4 is 5.32 Å². The van der Waals surface area contributed by atoms with E-state index in [1.807, 2.05) is 0 Å². The van der Waals surface area contributed by atoms with Gasteiger partial charge in [-0.2, -0.15) is 0 Å². The zero-order chi connectivity index (χ0) is 14.7. The Morgan fingerprint density at radius 2 is 1.95 bits per heavy atom. The van der Waals surface area contributed by atoms with Gasteiger partial charge in [0.2, 0.25) is 5.91 Å². The van der Waals surface area contributed by atoms with Gasteiger partial charge in [-0.3, -0.25) is 4.79 Å². The molecule has 0 atom stereocenters. The third-order valence-corrected chi connectivity index (χ3v) is 6.30. The van der Waals surface area contributed by atoms with Gasteiger partial charge in [0.15, 0.2) is 0 Å². The number of alkyl carbamates (subject to hydrolysis) is 1. The standard InChI is InChI=1S/C16H24N2O3/c1-15(4-5-15)12-2-6-18(7-3-12)13(19)11-8-16(9-11)10-21-14(20)17-16/h11-12H,2-10H2,1H3,(H,17,20)/t11-,16+. The minimum Gasteiger partial charge on any atom is -0.447 e. The quantitative estimate of drug-likeness (QED) is 0.846. The SMILES string of the molecule is CC1(C2CCN(C(=O)[C@H]3C[C@]4(COC(=O)N4)C3)CC2)CC1. The van der Waals surface area contributed by atoms with Gasteiger partial charge in [-0.15, -0.1) is 0 Å². The monoisotopic (exact) mass is 292 g/mol. The molecule has 2 saturated carbocycles. The van der Waals surface area contributed by atoms with Crippen molar-refractivity contribution in [1.82, 2.24) is 10.2 Å². The van der Waals surface area contributed by atoms with Crippen LogP contribution in [-0.2, 0) is 9.53 Å². The van der Waals surface area contributed by atoms with E-state index in [-0.39, 0.29) is 17.6 Å². The van der Waals surface area contributed by atoms with E-state index in [1.54, 1.807) is 0 Å². The van der Waals surface area contributed by atoms with Crippen LogP contribution in [0.5, 0.6) is 0 Å². The second-order valence-corrected chi connectivity index (χ2v) is 7.84. The summed E-state index contributed by atoms with van der Waals surface area (Å²) in [5, 5.41) is 2.86. The number of carbonyl (C=O) groups is 2. The van der Waals surface area contributed by atoms with Crippen molar-refractivity contribution >= 4 is 12.0 Å². The summed E-state index contributed by atoms with van der Waals surface area (Å²) in [5.74, 6) is 1.19. The fourth-order valence-corrected chi connectivity index (χ4v) is 4.43. The molecule has 2 amide bonds. The second kappa shape index (κ2) is 4.37. The normalized spacial score (nSPS) is 37.9. The summed E-state index contributed by atoms with van der Waals surface area (Å²) in [6.07, 6.45) is 6.23. The van der Waals surface area contributed by atoms with Gasteiger partial charge in [-0.1, -0.05) is 6.92 Å². The molecule has 21 heavy (non-hydrogen) atoms. The minimum absolute atomic E-state index is 0.0834. The van der Waals surface area contributed by atoms with Gasteiger partial charge in [-0.25, -0.2) is 4.79 Å². The number of piperidine rings is 1. The molecule has 1 N–H and O–H groups in total. The van der Waals surface area contributed by atoms with Crippen molar-refractivity contribution in [1.29, 1.82) is 0 Å². The van der Waals surface area contributed by atoms with Crippen molar-refractivity contribution in [2.45, 2.75) is 51.0 Å². The van der Waals surface area contributed by atoms with Crippen LogP contribution in [0.25, 0.3) is 0 Å². The molecule has 0 aromatic carbocycles. The Bertz CT molecular complexity index is 472. The molecule has 4 fully saturated rings. The van der Waals surface area contributed by atoms with Crippen molar-refractivity contribution in [3.8, 4) is 0 Å². The third kappa shape index (κ3) is 2.21.